The predicted octanol–water partition coefficient (Wildman–Crippen LogP) is 4.08. The van der Waals surface area contributed by atoms with Crippen molar-refractivity contribution in [3.8, 4) is 0 Å². The molecule has 0 aliphatic carbocycles. The van der Waals surface area contributed by atoms with Gasteiger partial charge in [0.25, 0.3) is 5.91 Å². The number of nitrogens with zero attached hydrogens (tertiary/aromatic N) is 1. The molecule has 0 fully saturated rings. The summed E-state index contributed by atoms with van der Waals surface area (Å²) in [5.74, 6) is -0.289. The topological polar surface area (TPSA) is 49.4 Å². The van der Waals surface area contributed by atoms with Gasteiger partial charge in [-0.1, -0.05) is 53.0 Å². The van der Waals surface area contributed by atoms with Crippen LogP contribution < -0.4 is 5.32 Å². The number of halogens is 2. The lowest BCUT2D eigenvalue weighted by Gasteiger charge is -2.21. The maximum Gasteiger partial charge on any atom is 0.251 e. The van der Waals surface area contributed by atoms with Gasteiger partial charge in [-0.05, 0) is 30.7 Å². The number of nitrogens with one attached hydrogen (secondary N) is 1. The lowest BCUT2D eigenvalue weighted by Crippen LogP contribution is -2.37. The van der Waals surface area contributed by atoms with E-state index in [-0.39, 0.29) is 11.8 Å². The minimum Gasteiger partial charge on any atom is -0.350 e. The first-order chi connectivity index (χ1) is 11.9. The lowest BCUT2D eigenvalue weighted by molar-refractivity contribution is -0.129. The van der Waals surface area contributed by atoms with Gasteiger partial charge < -0.3 is 10.2 Å². The van der Waals surface area contributed by atoms with Crippen LogP contribution >= 0.6 is 23.2 Å². The Kier molecular flexibility index (Phi) is 6.85. The van der Waals surface area contributed by atoms with E-state index in [1.807, 2.05) is 31.2 Å². The first-order valence-electron chi connectivity index (χ1n) is 7.91. The molecule has 0 aromatic heterocycles. The number of rotatable bonds is 6. The van der Waals surface area contributed by atoms with E-state index in [1.54, 1.807) is 17.0 Å². The number of benzene rings is 2. The van der Waals surface area contributed by atoms with Gasteiger partial charge in [0, 0.05) is 32.1 Å². The van der Waals surface area contributed by atoms with Gasteiger partial charge in [0.2, 0.25) is 5.91 Å². The summed E-state index contributed by atoms with van der Waals surface area (Å²) in [6, 6.07) is 12.7. The Balaban J connectivity index is 1.91. The molecule has 6 heteroatoms. The molecule has 132 valence electrons. The van der Waals surface area contributed by atoms with Crippen LogP contribution in [0.25, 0.3) is 0 Å². The van der Waals surface area contributed by atoms with Gasteiger partial charge in [0.15, 0.2) is 0 Å². The largest absolute Gasteiger partial charge is 0.350 e. The van der Waals surface area contributed by atoms with Crippen molar-refractivity contribution in [2.24, 2.45) is 0 Å². The smallest absolute Gasteiger partial charge is 0.251 e. The Morgan fingerprint density at radius 1 is 1.08 bits per heavy atom. The minimum absolute atomic E-state index is 0.0368. The Morgan fingerprint density at radius 3 is 2.48 bits per heavy atom. The molecule has 0 saturated carbocycles. The molecule has 0 unspecified atom stereocenters. The number of aryl methyl sites for hydroxylation is 1. The number of carbonyl (C=O) groups excluding carboxylic acids is 2. The highest BCUT2D eigenvalue weighted by atomic mass is 35.5. The molecule has 2 aromatic carbocycles. The van der Waals surface area contributed by atoms with Crippen molar-refractivity contribution >= 4 is 35.0 Å². The molecule has 0 heterocycles. The van der Waals surface area contributed by atoms with Crippen molar-refractivity contribution in [2.45, 2.75) is 20.4 Å². The summed E-state index contributed by atoms with van der Waals surface area (Å²) in [5.41, 5.74) is 2.64. The zero-order valence-corrected chi connectivity index (χ0v) is 15.7. The molecule has 0 aliphatic rings. The second-order valence-corrected chi connectivity index (χ2v) is 6.63. The highest BCUT2D eigenvalue weighted by Crippen LogP contribution is 2.22. The normalized spacial score (nSPS) is 10.4. The zero-order chi connectivity index (χ0) is 18.4. The molecular formula is C19H20Cl2N2O2. The molecular weight excluding hydrogens is 359 g/mol. The van der Waals surface area contributed by atoms with Gasteiger partial charge in [0.1, 0.15) is 0 Å². The highest BCUT2D eigenvalue weighted by molar-refractivity contribution is 6.42. The maximum atomic E-state index is 12.1. The second kappa shape index (κ2) is 8.88. The van der Waals surface area contributed by atoms with Crippen molar-refractivity contribution in [2.75, 3.05) is 13.1 Å². The Labute approximate surface area is 157 Å². The van der Waals surface area contributed by atoms with Crippen LogP contribution in [0, 0.1) is 6.92 Å². The fourth-order valence-corrected chi connectivity index (χ4v) is 2.72. The molecule has 2 aromatic rings. The third-order valence-electron chi connectivity index (χ3n) is 3.75. The van der Waals surface area contributed by atoms with Crippen LogP contribution in [0.4, 0.5) is 0 Å². The molecule has 2 rings (SSSR count). The van der Waals surface area contributed by atoms with E-state index in [4.69, 9.17) is 23.2 Å². The van der Waals surface area contributed by atoms with E-state index in [2.05, 4.69) is 5.32 Å². The number of carbonyl (C=O) groups is 2. The third kappa shape index (κ3) is 5.76. The summed E-state index contributed by atoms with van der Waals surface area (Å²) in [5, 5.41) is 3.53. The molecule has 0 bridgehead atoms. The van der Waals surface area contributed by atoms with Crippen LogP contribution in [0.5, 0.6) is 0 Å². The fourth-order valence-electron chi connectivity index (χ4n) is 2.42. The van der Waals surface area contributed by atoms with Crippen LogP contribution in [0.2, 0.25) is 10.0 Å². The first-order valence-corrected chi connectivity index (χ1v) is 8.66. The number of hydrogen-bond donors (Lipinski definition) is 1. The van der Waals surface area contributed by atoms with Crippen LogP contribution in [-0.4, -0.2) is 29.8 Å². The average molecular weight is 379 g/mol. The van der Waals surface area contributed by atoms with E-state index in [9.17, 15) is 9.59 Å². The van der Waals surface area contributed by atoms with Crippen molar-refractivity contribution in [3.63, 3.8) is 0 Å². The number of amides is 2. The SMILES string of the molecule is CC(=O)N(CCNC(=O)c1ccc(Cl)c(Cl)c1)Cc1cccc(C)c1. The molecule has 0 radical (unpaired) electrons. The quantitative estimate of drug-likeness (QED) is 0.822. The molecule has 25 heavy (non-hydrogen) atoms. The lowest BCUT2D eigenvalue weighted by atomic mass is 10.1. The van der Waals surface area contributed by atoms with Crippen LogP contribution in [-0.2, 0) is 11.3 Å². The molecule has 0 saturated heterocycles. The standard InChI is InChI=1S/C19H20Cl2N2O2/c1-13-4-3-5-15(10-13)12-23(14(2)24)9-8-22-19(25)16-6-7-17(20)18(21)11-16/h3-7,10-11H,8-9,12H2,1-2H3,(H,22,25). The van der Waals surface area contributed by atoms with E-state index < -0.39 is 0 Å². The summed E-state index contributed by atoms with van der Waals surface area (Å²) in [4.78, 5) is 25.7. The van der Waals surface area contributed by atoms with Gasteiger partial charge in [-0.15, -0.1) is 0 Å². The first kappa shape index (κ1) is 19.3. The Bertz CT molecular complexity index is 778. The summed E-state index contributed by atoms with van der Waals surface area (Å²) < 4.78 is 0. The van der Waals surface area contributed by atoms with Gasteiger partial charge in [-0.3, -0.25) is 9.59 Å². The monoisotopic (exact) mass is 378 g/mol. The van der Waals surface area contributed by atoms with E-state index in [0.717, 1.165) is 11.1 Å². The summed E-state index contributed by atoms with van der Waals surface area (Å²) >= 11 is 11.8. The summed E-state index contributed by atoms with van der Waals surface area (Å²) in [6.45, 7) is 4.83. The minimum atomic E-state index is -0.252. The molecule has 0 spiro atoms. The second-order valence-electron chi connectivity index (χ2n) is 5.81. The fraction of sp³-hybridized carbons (Fsp3) is 0.263. The van der Waals surface area contributed by atoms with Gasteiger partial charge in [-0.25, -0.2) is 0 Å². The van der Waals surface area contributed by atoms with E-state index in [1.165, 1.54) is 13.0 Å². The van der Waals surface area contributed by atoms with Gasteiger partial charge in [0.05, 0.1) is 10.0 Å². The molecule has 0 atom stereocenters. The van der Waals surface area contributed by atoms with Crippen LogP contribution in [0.3, 0.4) is 0 Å². The Hall–Kier alpha value is -2.04. The van der Waals surface area contributed by atoms with Gasteiger partial charge >= 0.3 is 0 Å². The zero-order valence-electron chi connectivity index (χ0n) is 14.2. The highest BCUT2D eigenvalue weighted by Gasteiger charge is 2.12. The summed E-state index contributed by atoms with van der Waals surface area (Å²) in [7, 11) is 0. The predicted molar refractivity (Wildman–Crippen MR) is 101 cm³/mol. The molecule has 2 amide bonds. The molecule has 1 N–H and O–H groups in total. The maximum absolute atomic E-state index is 12.1. The van der Waals surface area contributed by atoms with Crippen molar-refractivity contribution < 1.29 is 9.59 Å². The number of hydrogen-bond acceptors (Lipinski definition) is 2. The van der Waals surface area contributed by atoms with Crippen molar-refractivity contribution in [3.05, 3.63) is 69.2 Å². The molecule has 4 nitrogen and oxygen atoms in total. The summed E-state index contributed by atoms with van der Waals surface area (Å²) in [6.07, 6.45) is 0. The average Bonchev–Trinajstić information content (AvgIpc) is 2.56. The van der Waals surface area contributed by atoms with Gasteiger partial charge in [-0.2, -0.15) is 0 Å². The molecule has 0 aliphatic heterocycles. The third-order valence-corrected chi connectivity index (χ3v) is 4.49. The van der Waals surface area contributed by atoms with Crippen LogP contribution in [0.1, 0.15) is 28.4 Å². The van der Waals surface area contributed by atoms with Crippen LogP contribution in [0.15, 0.2) is 42.5 Å². The Morgan fingerprint density at radius 2 is 1.84 bits per heavy atom. The van der Waals surface area contributed by atoms with Crippen molar-refractivity contribution in [1.29, 1.82) is 0 Å². The van der Waals surface area contributed by atoms with Crippen molar-refractivity contribution in [1.82, 2.24) is 10.2 Å². The van der Waals surface area contributed by atoms with E-state index >= 15 is 0 Å². The van der Waals surface area contributed by atoms with E-state index in [0.29, 0.717) is 35.2 Å².